The number of hydrogen-bond donors (Lipinski definition) is 1. The molecule has 2 fully saturated rings. The molecular weight excluding hydrogens is 228 g/mol. The molecule has 0 aromatic carbocycles. The summed E-state index contributed by atoms with van der Waals surface area (Å²) in [4.78, 5) is 0. The maximum absolute atomic E-state index is 12.4. The normalized spacial score (nSPS) is 33.8. The largest absolute Gasteiger partial charge is 0.380 e. The number of sulfonamides is 1. The molecule has 2 saturated heterocycles. The van der Waals surface area contributed by atoms with Crippen molar-refractivity contribution in [2.24, 2.45) is 0 Å². The van der Waals surface area contributed by atoms with Crippen LogP contribution in [-0.2, 0) is 14.8 Å². The first-order valence-corrected chi connectivity index (χ1v) is 7.42. The van der Waals surface area contributed by atoms with Gasteiger partial charge >= 0.3 is 0 Å². The first kappa shape index (κ1) is 12.3. The van der Waals surface area contributed by atoms with Crippen LogP contribution in [0.3, 0.4) is 0 Å². The summed E-state index contributed by atoms with van der Waals surface area (Å²) in [6, 6.07) is 0.0562. The fraction of sp³-hybridized carbons (Fsp3) is 1.00. The first-order valence-electron chi connectivity index (χ1n) is 5.91. The third kappa shape index (κ3) is 2.40. The van der Waals surface area contributed by atoms with Crippen LogP contribution in [0.1, 0.15) is 19.8 Å². The molecule has 6 heteroatoms. The van der Waals surface area contributed by atoms with Gasteiger partial charge in [0.2, 0.25) is 10.0 Å². The average molecular weight is 248 g/mol. The molecule has 0 aromatic rings. The standard InChI is InChI=1S/C10H20N2O3S/c1-9-7-11-4-5-12(9)16(13,14)10-3-2-6-15-8-10/h9-11H,2-8H2,1H3/t9-,10?/m1/s1. The predicted octanol–water partition coefficient (Wildman–Crippen LogP) is -0.211. The van der Waals surface area contributed by atoms with Gasteiger partial charge in [0.1, 0.15) is 0 Å². The Bertz CT molecular complexity index is 325. The second-order valence-corrected chi connectivity index (χ2v) is 6.71. The highest BCUT2D eigenvalue weighted by Gasteiger charge is 2.36. The van der Waals surface area contributed by atoms with Crippen LogP contribution in [0.5, 0.6) is 0 Å². The van der Waals surface area contributed by atoms with E-state index < -0.39 is 10.0 Å². The van der Waals surface area contributed by atoms with Crippen LogP contribution in [0, 0.1) is 0 Å². The van der Waals surface area contributed by atoms with E-state index >= 15 is 0 Å². The first-order chi connectivity index (χ1) is 7.62. The van der Waals surface area contributed by atoms with Gasteiger partial charge in [-0.05, 0) is 19.8 Å². The van der Waals surface area contributed by atoms with E-state index in [2.05, 4.69) is 5.32 Å². The smallest absolute Gasteiger partial charge is 0.219 e. The zero-order valence-corrected chi connectivity index (χ0v) is 10.5. The molecule has 0 spiro atoms. The van der Waals surface area contributed by atoms with Crippen LogP contribution >= 0.6 is 0 Å². The fourth-order valence-corrected chi connectivity index (χ4v) is 4.38. The molecule has 2 atom stereocenters. The zero-order valence-electron chi connectivity index (χ0n) is 9.68. The molecule has 2 rings (SSSR count). The van der Waals surface area contributed by atoms with Gasteiger partial charge in [-0.3, -0.25) is 0 Å². The van der Waals surface area contributed by atoms with Crippen molar-refractivity contribution in [3.05, 3.63) is 0 Å². The van der Waals surface area contributed by atoms with Gasteiger partial charge in [0.25, 0.3) is 0 Å². The van der Waals surface area contributed by atoms with E-state index in [4.69, 9.17) is 4.74 Å². The van der Waals surface area contributed by atoms with Crippen LogP contribution in [-0.4, -0.2) is 56.9 Å². The molecule has 0 aliphatic carbocycles. The summed E-state index contributed by atoms with van der Waals surface area (Å²) in [6.45, 7) is 5.08. The van der Waals surface area contributed by atoms with Crippen LogP contribution in [0.2, 0.25) is 0 Å². The molecular formula is C10H20N2O3S. The highest BCUT2D eigenvalue weighted by Crippen LogP contribution is 2.21. The quantitative estimate of drug-likeness (QED) is 0.734. The number of hydrogen-bond acceptors (Lipinski definition) is 4. The van der Waals surface area contributed by atoms with Crippen LogP contribution < -0.4 is 5.32 Å². The predicted molar refractivity (Wildman–Crippen MR) is 61.8 cm³/mol. The number of nitrogens with one attached hydrogen (secondary N) is 1. The van der Waals surface area contributed by atoms with E-state index in [0.29, 0.717) is 19.8 Å². The van der Waals surface area contributed by atoms with Gasteiger partial charge in [0.15, 0.2) is 0 Å². The van der Waals surface area contributed by atoms with Gasteiger partial charge in [-0.25, -0.2) is 8.42 Å². The van der Waals surface area contributed by atoms with Crippen molar-refractivity contribution in [3.8, 4) is 0 Å². The molecule has 0 radical (unpaired) electrons. The SMILES string of the molecule is C[C@@H]1CNCCN1S(=O)(=O)C1CCCOC1. The van der Waals surface area contributed by atoms with Crippen molar-refractivity contribution in [1.29, 1.82) is 0 Å². The summed E-state index contributed by atoms with van der Waals surface area (Å²) >= 11 is 0. The minimum atomic E-state index is -3.17. The molecule has 2 heterocycles. The van der Waals surface area contributed by atoms with E-state index in [1.54, 1.807) is 4.31 Å². The summed E-state index contributed by atoms with van der Waals surface area (Å²) in [5.74, 6) is 0. The van der Waals surface area contributed by atoms with Gasteiger partial charge in [-0.1, -0.05) is 0 Å². The van der Waals surface area contributed by atoms with Gasteiger partial charge in [0.05, 0.1) is 11.9 Å². The average Bonchev–Trinajstić information content (AvgIpc) is 2.30. The van der Waals surface area contributed by atoms with E-state index in [1.165, 1.54) is 0 Å². The summed E-state index contributed by atoms with van der Waals surface area (Å²) in [7, 11) is -3.17. The summed E-state index contributed by atoms with van der Waals surface area (Å²) < 4.78 is 31.7. The molecule has 16 heavy (non-hydrogen) atoms. The molecule has 2 aliphatic heterocycles. The summed E-state index contributed by atoms with van der Waals surface area (Å²) in [6.07, 6.45) is 1.59. The van der Waals surface area contributed by atoms with Gasteiger partial charge in [-0.2, -0.15) is 4.31 Å². The Kier molecular flexibility index (Phi) is 3.84. The van der Waals surface area contributed by atoms with Crippen molar-refractivity contribution in [3.63, 3.8) is 0 Å². The van der Waals surface area contributed by atoms with E-state index in [0.717, 1.165) is 25.9 Å². The number of nitrogens with zero attached hydrogens (tertiary/aromatic N) is 1. The highest BCUT2D eigenvalue weighted by molar-refractivity contribution is 7.89. The topological polar surface area (TPSA) is 58.6 Å². The second-order valence-electron chi connectivity index (χ2n) is 4.55. The number of piperazine rings is 1. The van der Waals surface area contributed by atoms with Gasteiger partial charge < -0.3 is 10.1 Å². The monoisotopic (exact) mass is 248 g/mol. The molecule has 1 unspecified atom stereocenters. The number of ether oxygens (including phenoxy) is 1. The summed E-state index contributed by atoms with van der Waals surface area (Å²) in [5, 5.41) is 2.87. The zero-order chi connectivity index (χ0) is 11.6. The molecule has 0 bridgehead atoms. The van der Waals surface area contributed by atoms with Crippen LogP contribution in [0.4, 0.5) is 0 Å². The molecule has 1 N–H and O–H groups in total. The summed E-state index contributed by atoms with van der Waals surface area (Å²) in [5.41, 5.74) is 0. The van der Waals surface area contributed by atoms with E-state index in [-0.39, 0.29) is 11.3 Å². The molecule has 2 aliphatic rings. The lowest BCUT2D eigenvalue weighted by Gasteiger charge is -2.36. The van der Waals surface area contributed by atoms with Crippen molar-refractivity contribution in [1.82, 2.24) is 9.62 Å². The van der Waals surface area contributed by atoms with Crippen molar-refractivity contribution >= 4 is 10.0 Å². The van der Waals surface area contributed by atoms with Crippen molar-refractivity contribution < 1.29 is 13.2 Å². The van der Waals surface area contributed by atoms with Crippen molar-refractivity contribution in [2.45, 2.75) is 31.1 Å². The fourth-order valence-electron chi connectivity index (χ4n) is 2.34. The Labute approximate surface area is 97.2 Å². The van der Waals surface area contributed by atoms with E-state index in [1.807, 2.05) is 6.92 Å². The molecule has 0 saturated carbocycles. The molecule has 94 valence electrons. The molecule has 5 nitrogen and oxygen atoms in total. The third-order valence-electron chi connectivity index (χ3n) is 3.31. The highest BCUT2D eigenvalue weighted by atomic mass is 32.2. The Hall–Kier alpha value is -0.170. The Balaban J connectivity index is 2.10. The van der Waals surface area contributed by atoms with E-state index in [9.17, 15) is 8.42 Å². The van der Waals surface area contributed by atoms with Crippen LogP contribution in [0.15, 0.2) is 0 Å². The van der Waals surface area contributed by atoms with Gasteiger partial charge in [-0.15, -0.1) is 0 Å². The molecule has 0 aromatic heterocycles. The van der Waals surface area contributed by atoms with Crippen molar-refractivity contribution in [2.75, 3.05) is 32.8 Å². The lowest BCUT2D eigenvalue weighted by atomic mass is 10.2. The van der Waals surface area contributed by atoms with Crippen LogP contribution in [0.25, 0.3) is 0 Å². The Morgan fingerprint density at radius 3 is 2.88 bits per heavy atom. The molecule has 0 amide bonds. The maximum atomic E-state index is 12.4. The lowest BCUT2D eigenvalue weighted by Crippen LogP contribution is -2.55. The lowest BCUT2D eigenvalue weighted by molar-refractivity contribution is 0.0965. The number of rotatable bonds is 2. The second kappa shape index (κ2) is 5.00. The Morgan fingerprint density at radius 2 is 2.25 bits per heavy atom. The Morgan fingerprint density at radius 1 is 1.44 bits per heavy atom. The van der Waals surface area contributed by atoms with Gasteiger partial charge in [0, 0.05) is 32.3 Å². The minimum Gasteiger partial charge on any atom is -0.380 e. The third-order valence-corrected chi connectivity index (χ3v) is 5.72. The minimum absolute atomic E-state index is 0.0562. The maximum Gasteiger partial charge on any atom is 0.219 e.